The van der Waals surface area contributed by atoms with Crippen LogP contribution in [0, 0.1) is 11.6 Å². The topological polar surface area (TPSA) is 12.0 Å². The fourth-order valence-corrected chi connectivity index (χ4v) is 2.48. The third kappa shape index (κ3) is 1.88. The summed E-state index contributed by atoms with van der Waals surface area (Å²) in [7, 11) is 1.88. The Bertz CT molecular complexity index is 351. The van der Waals surface area contributed by atoms with E-state index in [4.69, 9.17) is 0 Å². The molecule has 0 saturated heterocycles. The van der Waals surface area contributed by atoms with E-state index in [-0.39, 0.29) is 12.0 Å². The lowest BCUT2D eigenvalue weighted by Crippen LogP contribution is -2.28. The number of rotatable bonds is 2. The smallest absolute Gasteiger partial charge is 0.162 e. The molecule has 0 aliphatic heterocycles. The lowest BCUT2D eigenvalue weighted by molar-refractivity contribution is 0.462. The van der Waals surface area contributed by atoms with Gasteiger partial charge in [-0.05, 0) is 31.5 Å². The van der Waals surface area contributed by atoms with Crippen LogP contribution in [-0.2, 0) is 0 Å². The fourth-order valence-electron chi connectivity index (χ4n) is 2.48. The number of hydrogen-bond donors (Lipinski definition) is 1. The molecule has 1 fully saturated rings. The zero-order chi connectivity index (χ0) is 10.8. The van der Waals surface area contributed by atoms with Gasteiger partial charge in [0.1, 0.15) is 0 Å². The van der Waals surface area contributed by atoms with E-state index in [1.54, 1.807) is 12.1 Å². The highest BCUT2D eigenvalue weighted by atomic mass is 19.2. The summed E-state index contributed by atoms with van der Waals surface area (Å²) in [5.41, 5.74) is 0.520. The quantitative estimate of drug-likeness (QED) is 0.793. The summed E-state index contributed by atoms with van der Waals surface area (Å²) in [5, 5.41) is 3.17. The van der Waals surface area contributed by atoms with Crippen LogP contribution in [0.25, 0.3) is 0 Å². The largest absolute Gasteiger partial charge is 0.316 e. The summed E-state index contributed by atoms with van der Waals surface area (Å²) in [5.74, 6) is -1.30. The van der Waals surface area contributed by atoms with Crippen LogP contribution < -0.4 is 5.32 Å². The first-order chi connectivity index (χ1) is 7.24. The van der Waals surface area contributed by atoms with Gasteiger partial charge in [-0.1, -0.05) is 18.6 Å². The summed E-state index contributed by atoms with van der Waals surface area (Å²) in [6.07, 6.45) is 3.05. The van der Waals surface area contributed by atoms with Crippen molar-refractivity contribution in [2.75, 3.05) is 7.05 Å². The van der Waals surface area contributed by atoms with Gasteiger partial charge in [0.2, 0.25) is 0 Å². The summed E-state index contributed by atoms with van der Waals surface area (Å²) < 4.78 is 26.6. The average Bonchev–Trinajstić information content (AvgIpc) is 2.70. The highest BCUT2D eigenvalue weighted by Gasteiger charge is 2.29. The van der Waals surface area contributed by atoms with E-state index in [9.17, 15) is 8.78 Å². The van der Waals surface area contributed by atoms with Gasteiger partial charge in [0, 0.05) is 12.0 Å². The molecule has 3 heteroatoms. The molecule has 1 aromatic carbocycles. The van der Waals surface area contributed by atoms with Crippen molar-refractivity contribution < 1.29 is 8.78 Å². The molecule has 1 aliphatic rings. The Hall–Kier alpha value is -0.960. The number of likely N-dealkylation sites (N-methyl/N-ethyl adjacent to an activating group) is 1. The Labute approximate surface area is 88.5 Å². The van der Waals surface area contributed by atoms with Gasteiger partial charge in [0.05, 0.1) is 0 Å². The van der Waals surface area contributed by atoms with Gasteiger partial charge in [0.25, 0.3) is 0 Å². The third-order valence-corrected chi connectivity index (χ3v) is 3.27. The predicted octanol–water partition coefficient (Wildman–Crippen LogP) is 2.82. The summed E-state index contributed by atoms with van der Waals surface area (Å²) in [6.45, 7) is 0. The number of hydrogen-bond acceptors (Lipinski definition) is 1. The van der Waals surface area contributed by atoms with Crippen LogP contribution in [0.4, 0.5) is 8.78 Å². The second-order valence-electron chi connectivity index (χ2n) is 4.08. The van der Waals surface area contributed by atoms with Crippen molar-refractivity contribution in [2.45, 2.75) is 31.2 Å². The van der Waals surface area contributed by atoms with Crippen LogP contribution in [0.2, 0.25) is 0 Å². The molecule has 1 nitrogen and oxygen atoms in total. The zero-order valence-corrected chi connectivity index (χ0v) is 8.76. The molecule has 82 valence electrons. The van der Waals surface area contributed by atoms with Crippen LogP contribution in [0.15, 0.2) is 18.2 Å². The average molecular weight is 211 g/mol. The molecule has 0 aromatic heterocycles. The maximum Gasteiger partial charge on any atom is 0.162 e. The Balaban J connectivity index is 2.32. The van der Waals surface area contributed by atoms with Crippen molar-refractivity contribution in [3.63, 3.8) is 0 Å². The molecule has 2 unspecified atom stereocenters. The van der Waals surface area contributed by atoms with Gasteiger partial charge >= 0.3 is 0 Å². The molecule has 1 aromatic rings. The minimum absolute atomic E-state index is 0.116. The van der Waals surface area contributed by atoms with E-state index in [0.717, 1.165) is 19.3 Å². The lowest BCUT2D eigenvalue weighted by Gasteiger charge is -2.19. The van der Waals surface area contributed by atoms with Crippen LogP contribution in [0.3, 0.4) is 0 Å². The zero-order valence-electron chi connectivity index (χ0n) is 8.76. The fraction of sp³-hybridized carbons (Fsp3) is 0.500. The monoisotopic (exact) mass is 211 g/mol. The maximum atomic E-state index is 13.6. The second-order valence-corrected chi connectivity index (χ2v) is 4.08. The van der Waals surface area contributed by atoms with Crippen molar-refractivity contribution >= 4 is 0 Å². The molecule has 2 atom stereocenters. The summed E-state index contributed by atoms with van der Waals surface area (Å²) in [6, 6.07) is 4.72. The van der Waals surface area contributed by atoms with E-state index >= 15 is 0 Å². The predicted molar refractivity (Wildman–Crippen MR) is 55.8 cm³/mol. The van der Waals surface area contributed by atoms with Crippen LogP contribution in [-0.4, -0.2) is 13.1 Å². The first-order valence-electron chi connectivity index (χ1n) is 5.35. The molecule has 1 N–H and O–H groups in total. The number of halogens is 2. The molecular weight excluding hydrogens is 196 g/mol. The highest BCUT2D eigenvalue weighted by Crippen LogP contribution is 2.36. The summed E-state index contributed by atoms with van der Waals surface area (Å²) in [4.78, 5) is 0. The molecule has 0 amide bonds. The molecular formula is C12H15F2N. The van der Waals surface area contributed by atoms with Gasteiger partial charge in [-0.25, -0.2) is 8.78 Å². The summed E-state index contributed by atoms with van der Waals surface area (Å²) >= 11 is 0. The molecule has 0 spiro atoms. The first-order valence-corrected chi connectivity index (χ1v) is 5.35. The lowest BCUT2D eigenvalue weighted by atomic mass is 9.93. The standard InChI is InChI=1S/C12H15F2N/c1-15-11-7-3-4-8(11)9-5-2-6-10(13)12(9)14/h2,5-6,8,11,15H,3-4,7H2,1H3. The SMILES string of the molecule is CNC1CCCC1c1cccc(F)c1F. The van der Waals surface area contributed by atoms with Crippen LogP contribution in [0.5, 0.6) is 0 Å². The maximum absolute atomic E-state index is 13.6. The second kappa shape index (κ2) is 4.27. The molecule has 0 bridgehead atoms. The Kier molecular flexibility index (Phi) is 3.00. The van der Waals surface area contributed by atoms with Crippen molar-refractivity contribution in [1.29, 1.82) is 0 Å². The van der Waals surface area contributed by atoms with Gasteiger partial charge in [0.15, 0.2) is 11.6 Å². The van der Waals surface area contributed by atoms with Crippen LogP contribution in [0.1, 0.15) is 30.7 Å². The van der Waals surface area contributed by atoms with Crippen molar-refractivity contribution in [3.8, 4) is 0 Å². The van der Waals surface area contributed by atoms with Gasteiger partial charge in [-0.15, -0.1) is 0 Å². The minimum atomic E-state index is -0.741. The van der Waals surface area contributed by atoms with Crippen molar-refractivity contribution in [1.82, 2.24) is 5.32 Å². The molecule has 2 rings (SSSR count). The highest BCUT2D eigenvalue weighted by molar-refractivity contribution is 5.25. The molecule has 0 heterocycles. The first kappa shape index (κ1) is 10.6. The Morgan fingerprint density at radius 3 is 2.80 bits per heavy atom. The van der Waals surface area contributed by atoms with Gasteiger partial charge < -0.3 is 5.32 Å². The third-order valence-electron chi connectivity index (χ3n) is 3.27. The number of nitrogens with one attached hydrogen (secondary N) is 1. The normalized spacial score (nSPS) is 25.8. The van der Waals surface area contributed by atoms with E-state index in [0.29, 0.717) is 5.56 Å². The molecule has 1 saturated carbocycles. The molecule has 1 aliphatic carbocycles. The van der Waals surface area contributed by atoms with E-state index in [1.807, 2.05) is 7.05 Å². The van der Waals surface area contributed by atoms with Gasteiger partial charge in [-0.2, -0.15) is 0 Å². The Morgan fingerprint density at radius 2 is 2.07 bits per heavy atom. The molecule has 0 radical (unpaired) electrons. The van der Waals surface area contributed by atoms with Gasteiger partial charge in [-0.3, -0.25) is 0 Å². The number of benzene rings is 1. The van der Waals surface area contributed by atoms with Crippen LogP contribution >= 0.6 is 0 Å². The molecule has 15 heavy (non-hydrogen) atoms. The van der Waals surface area contributed by atoms with E-state index in [1.165, 1.54) is 6.07 Å². The van der Waals surface area contributed by atoms with E-state index in [2.05, 4.69) is 5.32 Å². The Morgan fingerprint density at radius 1 is 1.27 bits per heavy atom. The van der Waals surface area contributed by atoms with E-state index < -0.39 is 11.6 Å². The minimum Gasteiger partial charge on any atom is -0.316 e. The van der Waals surface area contributed by atoms with Crippen molar-refractivity contribution in [2.24, 2.45) is 0 Å². The van der Waals surface area contributed by atoms with Crippen molar-refractivity contribution in [3.05, 3.63) is 35.4 Å².